The third kappa shape index (κ3) is 2.66. The van der Waals surface area contributed by atoms with Crippen LogP contribution in [0.3, 0.4) is 0 Å². The summed E-state index contributed by atoms with van der Waals surface area (Å²) in [4.78, 5) is 2.29. The van der Waals surface area contributed by atoms with Crippen molar-refractivity contribution in [3.8, 4) is 6.07 Å². The molecule has 1 heterocycles. The molecule has 1 aliphatic heterocycles. The van der Waals surface area contributed by atoms with Gasteiger partial charge in [0, 0.05) is 19.2 Å². The van der Waals surface area contributed by atoms with E-state index in [2.05, 4.69) is 24.9 Å². The average molecular weight is 230 g/mol. The summed E-state index contributed by atoms with van der Waals surface area (Å²) >= 11 is 0. The average Bonchev–Trinajstić information content (AvgIpc) is 2.76. The number of ether oxygens (including phenoxy) is 1. The second kappa shape index (κ2) is 5.31. The lowest BCUT2D eigenvalue weighted by Gasteiger charge is -2.26. The molecule has 2 atom stereocenters. The molecule has 3 heteroatoms. The van der Waals surface area contributed by atoms with Crippen LogP contribution in [0.4, 0.5) is 0 Å². The van der Waals surface area contributed by atoms with E-state index in [1.807, 2.05) is 24.3 Å². The Morgan fingerprint density at radius 3 is 2.88 bits per heavy atom. The highest BCUT2D eigenvalue weighted by molar-refractivity contribution is 5.37. The van der Waals surface area contributed by atoms with E-state index in [1.54, 1.807) is 0 Å². The van der Waals surface area contributed by atoms with Crippen molar-refractivity contribution in [1.82, 2.24) is 4.90 Å². The summed E-state index contributed by atoms with van der Waals surface area (Å²) in [7, 11) is 2.10. The first-order valence-corrected chi connectivity index (χ1v) is 6.02. The third-order valence-corrected chi connectivity index (χ3v) is 3.46. The van der Waals surface area contributed by atoms with E-state index in [-0.39, 0.29) is 6.10 Å². The van der Waals surface area contributed by atoms with Gasteiger partial charge in [-0.2, -0.15) is 5.26 Å². The first kappa shape index (κ1) is 12.1. The minimum absolute atomic E-state index is 0.286. The summed E-state index contributed by atoms with van der Waals surface area (Å²) in [5, 5.41) is 9.06. The third-order valence-electron chi connectivity index (χ3n) is 3.46. The number of rotatable bonds is 3. The molecule has 17 heavy (non-hydrogen) atoms. The maximum Gasteiger partial charge on any atom is 0.0995 e. The first-order valence-electron chi connectivity index (χ1n) is 6.02. The second-order valence-corrected chi connectivity index (χ2v) is 4.62. The normalized spacial score (nSPS) is 23.9. The Bertz CT molecular complexity index is 424. The maximum absolute atomic E-state index is 9.06. The monoisotopic (exact) mass is 230 g/mol. The Morgan fingerprint density at radius 1 is 1.47 bits per heavy atom. The van der Waals surface area contributed by atoms with E-state index in [0.29, 0.717) is 6.04 Å². The van der Waals surface area contributed by atoms with Crippen LogP contribution >= 0.6 is 0 Å². The molecule has 0 amide bonds. The van der Waals surface area contributed by atoms with Crippen molar-refractivity contribution in [2.24, 2.45) is 0 Å². The number of benzene rings is 1. The predicted molar refractivity (Wildman–Crippen MR) is 66.4 cm³/mol. The molecule has 0 spiro atoms. The highest BCUT2D eigenvalue weighted by Gasteiger charge is 2.27. The zero-order chi connectivity index (χ0) is 12.3. The standard InChI is InChI=1S/C14H18N2O/c1-11-14(7-8-17-11)16(2)10-13-6-4-3-5-12(13)9-15/h3-6,11,14H,7-8,10H2,1-2H3. The minimum atomic E-state index is 0.286. The van der Waals surface area contributed by atoms with Crippen molar-refractivity contribution >= 4 is 0 Å². The Balaban J connectivity index is 2.08. The quantitative estimate of drug-likeness (QED) is 0.798. The highest BCUT2D eigenvalue weighted by atomic mass is 16.5. The van der Waals surface area contributed by atoms with Gasteiger partial charge in [0.15, 0.2) is 0 Å². The fourth-order valence-corrected chi connectivity index (χ4v) is 2.45. The van der Waals surface area contributed by atoms with Crippen molar-refractivity contribution in [2.45, 2.75) is 32.0 Å². The van der Waals surface area contributed by atoms with E-state index < -0.39 is 0 Å². The van der Waals surface area contributed by atoms with Crippen LogP contribution in [0.15, 0.2) is 24.3 Å². The molecule has 1 saturated heterocycles. The Hall–Kier alpha value is -1.37. The van der Waals surface area contributed by atoms with Gasteiger partial charge >= 0.3 is 0 Å². The fourth-order valence-electron chi connectivity index (χ4n) is 2.45. The second-order valence-electron chi connectivity index (χ2n) is 4.62. The molecule has 3 nitrogen and oxygen atoms in total. The van der Waals surface area contributed by atoms with Crippen LogP contribution in [-0.2, 0) is 11.3 Å². The molecule has 0 aliphatic carbocycles. The van der Waals surface area contributed by atoms with Gasteiger partial charge in [-0.1, -0.05) is 18.2 Å². The van der Waals surface area contributed by atoms with Crippen LogP contribution in [0, 0.1) is 11.3 Å². The molecule has 2 rings (SSSR count). The van der Waals surface area contributed by atoms with Crippen LogP contribution in [0.25, 0.3) is 0 Å². The lowest BCUT2D eigenvalue weighted by atomic mass is 10.1. The number of hydrogen-bond acceptors (Lipinski definition) is 3. The summed E-state index contributed by atoms with van der Waals surface area (Å²) in [5.41, 5.74) is 1.86. The summed E-state index contributed by atoms with van der Waals surface area (Å²) in [5.74, 6) is 0. The molecule has 0 N–H and O–H groups in total. The molecule has 0 saturated carbocycles. The van der Waals surface area contributed by atoms with Crippen molar-refractivity contribution in [2.75, 3.05) is 13.7 Å². The smallest absolute Gasteiger partial charge is 0.0995 e. The zero-order valence-electron chi connectivity index (χ0n) is 10.4. The van der Waals surface area contributed by atoms with E-state index in [1.165, 1.54) is 0 Å². The molecular formula is C14H18N2O. The fraction of sp³-hybridized carbons (Fsp3) is 0.500. The molecule has 1 aromatic rings. The first-order chi connectivity index (χ1) is 8.22. The Morgan fingerprint density at radius 2 is 2.24 bits per heavy atom. The predicted octanol–water partition coefficient (Wildman–Crippen LogP) is 2.17. The highest BCUT2D eigenvalue weighted by Crippen LogP contribution is 2.20. The Kier molecular flexibility index (Phi) is 3.78. The van der Waals surface area contributed by atoms with Crippen LogP contribution in [0.1, 0.15) is 24.5 Å². The van der Waals surface area contributed by atoms with Crippen molar-refractivity contribution in [3.63, 3.8) is 0 Å². The number of nitriles is 1. The summed E-state index contributed by atoms with van der Waals surface area (Å²) in [6.07, 6.45) is 1.36. The van der Waals surface area contributed by atoms with Crippen molar-refractivity contribution in [1.29, 1.82) is 5.26 Å². The van der Waals surface area contributed by atoms with Gasteiger partial charge in [-0.15, -0.1) is 0 Å². The molecular weight excluding hydrogens is 212 g/mol. The molecule has 0 aromatic heterocycles. The number of hydrogen-bond donors (Lipinski definition) is 0. The molecule has 0 radical (unpaired) electrons. The van der Waals surface area contributed by atoms with Gasteiger partial charge in [0.25, 0.3) is 0 Å². The van der Waals surface area contributed by atoms with Gasteiger partial charge in [-0.3, -0.25) is 4.90 Å². The molecule has 1 aliphatic rings. The molecule has 0 bridgehead atoms. The summed E-state index contributed by atoms with van der Waals surface area (Å²) in [6.45, 7) is 3.77. The van der Waals surface area contributed by atoms with Gasteiger partial charge in [0.1, 0.15) is 0 Å². The van der Waals surface area contributed by atoms with Crippen LogP contribution in [0.2, 0.25) is 0 Å². The minimum Gasteiger partial charge on any atom is -0.377 e. The molecule has 90 valence electrons. The van der Waals surface area contributed by atoms with Gasteiger partial charge in [-0.05, 0) is 32.0 Å². The van der Waals surface area contributed by atoms with Crippen LogP contribution in [-0.4, -0.2) is 30.7 Å². The van der Waals surface area contributed by atoms with Gasteiger partial charge < -0.3 is 4.74 Å². The van der Waals surface area contributed by atoms with Crippen molar-refractivity contribution < 1.29 is 4.74 Å². The number of nitrogens with zero attached hydrogens (tertiary/aromatic N) is 2. The number of likely N-dealkylation sites (N-methyl/N-ethyl adjacent to an activating group) is 1. The van der Waals surface area contributed by atoms with Crippen LogP contribution < -0.4 is 0 Å². The molecule has 1 aromatic carbocycles. The molecule has 2 unspecified atom stereocenters. The lowest BCUT2D eigenvalue weighted by molar-refractivity contribution is 0.0814. The van der Waals surface area contributed by atoms with E-state index >= 15 is 0 Å². The van der Waals surface area contributed by atoms with Gasteiger partial charge in [0.05, 0.1) is 17.7 Å². The van der Waals surface area contributed by atoms with E-state index in [4.69, 9.17) is 10.00 Å². The van der Waals surface area contributed by atoms with Crippen LogP contribution in [0.5, 0.6) is 0 Å². The Labute approximate surface area is 103 Å². The van der Waals surface area contributed by atoms with Gasteiger partial charge in [0.2, 0.25) is 0 Å². The van der Waals surface area contributed by atoms with Crippen molar-refractivity contribution in [3.05, 3.63) is 35.4 Å². The maximum atomic E-state index is 9.06. The summed E-state index contributed by atoms with van der Waals surface area (Å²) < 4.78 is 5.57. The van der Waals surface area contributed by atoms with E-state index in [9.17, 15) is 0 Å². The van der Waals surface area contributed by atoms with Gasteiger partial charge in [-0.25, -0.2) is 0 Å². The molecule has 1 fully saturated rings. The largest absolute Gasteiger partial charge is 0.377 e. The lowest BCUT2D eigenvalue weighted by Crippen LogP contribution is -2.36. The van der Waals surface area contributed by atoms with E-state index in [0.717, 1.165) is 30.7 Å². The SMILES string of the molecule is CC1OCCC1N(C)Cc1ccccc1C#N. The topological polar surface area (TPSA) is 36.3 Å². The zero-order valence-corrected chi connectivity index (χ0v) is 10.4. The summed E-state index contributed by atoms with van der Waals surface area (Å²) in [6, 6.07) is 10.5.